The first-order valence-corrected chi connectivity index (χ1v) is 12.1. The highest BCUT2D eigenvalue weighted by atomic mass is 16.5. The molecule has 0 saturated carbocycles. The standard InChI is InChI=1S/C26H30N10O4/c1-16-8-9-21(32-31-16)30-22-14-20(24(34-33-22)26(38)27-2)29-19-7-5-6-17(25(19)40-4)18-10-12-36(35-18)13-11-28-23(37)15-39-3/h5-10,12,14H,11,13,15H2,1-4H3,(H,27,38)(H,28,37)(H2,29,30,32,33)/i2D3. The monoisotopic (exact) mass is 549 g/mol. The Balaban J connectivity index is 1.63. The number of carbonyl (C=O) groups is 2. The summed E-state index contributed by atoms with van der Waals surface area (Å²) in [5, 5.41) is 31.4. The maximum absolute atomic E-state index is 12.9. The second kappa shape index (κ2) is 13.1. The lowest BCUT2D eigenvalue weighted by molar-refractivity contribution is -0.124. The molecule has 0 aliphatic heterocycles. The molecule has 4 rings (SSSR count). The van der Waals surface area contributed by atoms with Crippen LogP contribution in [0.15, 0.2) is 48.7 Å². The topological polar surface area (TPSA) is 170 Å². The molecule has 0 atom stereocenters. The molecular weight excluding hydrogens is 516 g/mol. The van der Waals surface area contributed by atoms with Crippen LogP contribution in [0.2, 0.25) is 0 Å². The van der Waals surface area contributed by atoms with Crippen molar-refractivity contribution in [1.82, 2.24) is 40.8 Å². The number of methoxy groups -OCH3 is 2. The van der Waals surface area contributed by atoms with Crippen LogP contribution in [0.3, 0.4) is 0 Å². The SMILES string of the molecule is [2H]C([2H])([2H])NC(=O)c1nnc(Nc2ccc(C)nn2)cc1Nc1cccc(-c2ccn(CCNC(=O)COC)n2)c1OC. The number of nitrogens with zero attached hydrogens (tertiary/aromatic N) is 6. The molecule has 3 heterocycles. The molecule has 0 aliphatic rings. The zero-order chi connectivity index (χ0) is 31.0. The van der Waals surface area contributed by atoms with Gasteiger partial charge in [0.2, 0.25) is 5.91 Å². The fourth-order valence-electron chi connectivity index (χ4n) is 3.70. The number of para-hydroxylation sites is 1. The molecule has 4 aromatic rings. The largest absolute Gasteiger partial charge is 0.494 e. The molecule has 40 heavy (non-hydrogen) atoms. The van der Waals surface area contributed by atoms with Gasteiger partial charge in [-0.25, -0.2) is 0 Å². The second-order valence-corrected chi connectivity index (χ2v) is 8.39. The molecular formula is C26H30N10O4. The van der Waals surface area contributed by atoms with Crippen molar-refractivity contribution in [2.45, 2.75) is 13.5 Å². The number of aromatic nitrogens is 6. The number of nitrogens with one attached hydrogen (secondary N) is 4. The summed E-state index contributed by atoms with van der Waals surface area (Å²) < 4.78 is 34.5. The summed E-state index contributed by atoms with van der Waals surface area (Å²) in [5.41, 5.74) is 2.28. The van der Waals surface area contributed by atoms with Gasteiger partial charge in [0, 0.05) is 42.6 Å². The zero-order valence-corrected chi connectivity index (χ0v) is 22.1. The van der Waals surface area contributed by atoms with Gasteiger partial charge in [0.1, 0.15) is 6.61 Å². The first-order valence-electron chi connectivity index (χ1n) is 13.6. The molecule has 4 N–H and O–H groups in total. The van der Waals surface area contributed by atoms with Gasteiger partial charge in [0.05, 0.1) is 36.4 Å². The van der Waals surface area contributed by atoms with Gasteiger partial charge in [-0.3, -0.25) is 14.3 Å². The zero-order valence-electron chi connectivity index (χ0n) is 25.1. The van der Waals surface area contributed by atoms with Crippen molar-refractivity contribution < 1.29 is 23.2 Å². The molecule has 0 unspecified atom stereocenters. The normalized spacial score (nSPS) is 12.0. The molecule has 14 nitrogen and oxygen atoms in total. The van der Waals surface area contributed by atoms with Crippen LogP contribution in [0.5, 0.6) is 5.75 Å². The number of amides is 2. The van der Waals surface area contributed by atoms with Crippen LogP contribution in [-0.2, 0) is 16.1 Å². The highest BCUT2D eigenvalue weighted by Crippen LogP contribution is 2.37. The first-order chi connectivity index (χ1) is 20.6. The lowest BCUT2D eigenvalue weighted by atomic mass is 10.1. The third-order valence-electron chi connectivity index (χ3n) is 5.52. The number of ether oxygens (including phenoxy) is 2. The first kappa shape index (κ1) is 24.0. The van der Waals surface area contributed by atoms with Gasteiger partial charge in [-0.05, 0) is 37.3 Å². The maximum atomic E-state index is 12.9. The molecule has 208 valence electrons. The van der Waals surface area contributed by atoms with Crippen molar-refractivity contribution >= 4 is 34.8 Å². The van der Waals surface area contributed by atoms with Crippen LogP contribution in [-0.4, -0.2) is 76.3 Å². The van der Waals surface area contributed by atoms with Gasteiger partial charge < -0.3 is 30.7 Å². The molecule has 2 amide bonds. The van der Waals surface area contributed by atoms with Crippen molar-refractivity contribution in [3.63, 3.8) is 0 Å². The fourth-order valence-corrected chi connectivity index (χ4v) is 3.70. The van der Waals surface area contributed by atoms with Crippen LogP contribution in [0.1, 0.15) is 20.3 Å². The van der Waals surface area contributed by atoms with E-state index in [-0.39, 0.29) is 29.7 Å². The Bertz CT molecular complexity index is 1580. The van der Waals surface area contributed by atoms with E-state index in [4.69, 9.17) is 13.6 Å². The Morgan fingerprint density at radius 3 is 2.60 bits per heavy atom. The van der Waals surface area contributed by atoms with Crippen LogP contribution in [0.25, 0.3) is 11.3 Å². The number of anilines is 4. The minimum Gasteiger partial charge on any atom is -0.494 e. The molecule has 14 heteroatoms. The molecule has 0 radical (unpaired) electrons. The van der Waals surface area contributed by atoms with Crippen LogP contribution < -0.4 is 26.0 Å². The van der Waals surface area contributed by atoms with E-state index in [1.165, 1.54) is 20.3 Å². The highest BCUT2D eigenvalue weighted by molar-refractivity contribution is 5.99. The van der Waals surface area contributed by atoms with E-state index in [1.54, 1.807) is 48.1 Å². The highest BCUT2D eigenvalue weighted by Gasteiger charge is 2.19. The lowest BCUT2D eigenvalue weighted by Crippen LogP contribution is -2.30. The fraction of sp³-hybridized carbons (Fsp3) is 0.269. The summed E-state index contributed by atoms with van der Waals surface area (Å²) in [6.07, 6.45) is 1.77. The van der Waals surface area contributed by atoms with E-state index >= 15 is 0 Å². The summed E-state index contributed by atoms with van der Waals surface area (Å²) >= 11 is 0. The van der Waals surface area contributed by atoms with Crippen LogP contribution in [0, 0.1) is 6.92 Å². The Kier molecular flexibility index (Phi) is 7.85. The van der Waals surface area contributed by atoms with Crippen LogP contribution >= 0.6 is 0 Å². The van der Waals surface area contributed by atoms with Gasteiger partial charge in [-0.1, -0.05) is 6.07 Å². The minimum atomic E-state index is -2.74. The Morgan fingerprint density at radius 1 is 1.00 bits per heavy atom. The van der Waals surface area contributed by atoms with Crippen molar-refractivity contribution in [2.24, 2.45) is 0 Å². The van der Waals surface area contributed by atoms with Gasteiger partial charge in [-0.15, -0.1) is 15.3 Å². The molecule has 0 saturated heterocycles. The van der Waals surface area contributed by atoms with Crippen molar-refractivity contribution in [3.05, 3.63) is 60.0 Å². The molecule has 0 aliphatic carbocycles. The van der Waals surface area contributed by atoms with Gasteiger partial charge >= 0.3 is 0 Å². The number of hydrogen-bond donors (Lipinski definition) is 4. The smallest absolute Gasteiger partial charge is 0.273 e. The van der Waals surface area contributed by atoms with Gasteiger partial charge in [0.15, 0.2) is 23.1 Å². The summed E-state index contributed by atoms with van der Waals surface area (Å²) in [7, 11) is 2.94. The number of rotatable bonds is 12. The number of carbonyl (C=O) groups excluding carboxylic acids is 2. The van der Waals surface area contributed by atoms with E-state index in [1.807, 2.05) is 11.4 Å². The Labute approximate surface area is 234 Å². The lowest BCUT2D eigenvalue weighted by Gasteiger charge is -2.16. The third-order valence-corrected chi connectivity index (χ3v) is 5.52. The van der Waals surface area contributed by atoms with Gasteiger partial charge in [-0.2, -0.15) is 10.2 Å². The number of benzene rings is 1. The molecule has 1 aromatic carbocycles. The molecule has 3 aromatic heterocycles. The summed E-state index contributed by atoms with van der Waals surface area (Å²) in [4.78, 5) is 24.5. The Morgan fingerprint density at radius 2 is 1.85 bits per heavy atom. The summed E-state index contributed by atoms with van der Waals surface area (Å²) in [6, 6.07) is 12.0. The number of aryl methyl sites for hydroxylation is 1. The average Bonchev–Trinajstić information content (AvgIpc) is 3.42. The second-order valence-electron chi connectivity index (χ2n) is 8.39. The minimum absolute atomic E-state index is 0.0223. The predicted octanol–water partition coefficient (Wildman–Crippen LogP) is 2.06. The van der Waals surface area contributed by atoms with Gasteiger partial charge in [0.25, 0.3) is 5.91 Å². The van der Waals surface area contributed by atoms with Crippen molar-refractivity contribution in [3.8, 4) is 17.0 Å². The predicted molar refractivity (Wildman–Crippen MR) is 148 cm³/mol. The van der Waals surface area contributed by atoms with Crippen LogP contribution in [0.4, 0.5) is 23.0 Å². The van der Waals surface area contributed by atoms with E-state index in [0.29, 0.717) is 41.6 Å². The molecule has 0 fully saturated rings. The summed E-state index contributed by atoms with van der Waals surface area (Å²) in [5.74, 6) is -0.170. The summed E-state index contributed by atoms with van der Waals surface area (Å²) in [6.45, 7) is -0.171. The maximum Gasteiger partial charge on any atom is 0.273 e. The van der Waals surface area contributed by atoms with E-state index in [9.17, 15) is 9.59 Å². The van der Waals surface area contributed by atoms with Crippen molar-refractivity contribution in [2.75, 3.05) is 45.0 Å². The molecule has 0 spiro atoms. The quantitative estimate of drug-likeness (QED) is 0.204. The van der Waals surface area contributed by atoms with E-state index in [2.05, 4.69) is 41.4 Å². The third kappa shape index (κ3) is 6.85. The van der Waals surface area contributed by atoms with Crippen molar-refractivity contribution in [1.29, 1.82) is 0 Å². The number of hydrogen-bond acceptors (Lipinski definition) is 11. The molecule has 0 bridgehead atoms. The van der Waals surface area contributed by atoms with E-state index in [0.717, 1.165) is 5.69 Å². The Hall–Kier alpha value is -5.11. The average molecular weight is 550 g/mol. The van der Waals surface area contributed by atoms with E-state index < -0.39 is 12.9 Å².